The second-order valence-corrected chi connectivity index (χ2v) is 4.12. The lowest BCUT2D eigenvalue weighted by Crippen LogP contribution is -2.00. The first-order chi connectivity index (χ1) is 8.79. The van der Waals surface area contributed by atoms with E-state index in [1.807, 2.05) is 42.5 Å². The predicted molar refractivity (Wildman–Crippen MR) is 72.6 cm³/mol. The van der Waals surface area contributed by atoms with Crippen LogP contribution in [0.3, 0.4) is 0 Å². The molecule has 0 unspecified atom stereocenters. The van der Waals surface area contributed by atoms with Crippen LogP contribution in [-0.4, -0.2) is 12.2 Å². The van der Waals surface area contributed by atoms with E-state index < -0.39 is 0 Å². The third kappa shape index (κ3) is 3.25. The molecule has 0 aliphatic carbocycles. The molecule has 3 nitrogen and oxygen atoms in total. The van der Waals surface area contributed by atoms with Crippen LogP contribution in [0.15, 0.2) is 48.5 Å². The minimum Gasteiger partial charge on any atom is -0.508 e. The lowest BCUT2D eigenvalue weighted by atomic mass is 10.2. The van der Waals surface area contributed by atoms with E-state index in [0.29, 0.717) is 18.9 Å². The van der Waals surface area contributed by atoms with Gasteiger partial charge in [0.05, 0.1) is 6.61 Å². The van der Waals surface area contributed by atoms with Crippen LogP contribution in [0.1, 0.15) is 11.1 Å². The van der Waals surface area contributed by atoms with Gasteiger partial charge in [-0.05, 0) is 23.8 Å². The molecule has 94 valence electrons. The molecule has 0 amide bonds. The SMILES string of the molecule is COCc1cccc(NCc2ccccc2O)c1. The Morgan fingerprint density at radius 2 is 1.94 bits per heavy atom. The molecule has 0 saturated heterocycles. The van der Waals surface area contributed by atoms with Crippen molar-refractivity contribution in [3.63, 3.8) is 0 Å². The molecule has 2 aromatic rings. The van der Waals surface area contributed by atoms with Gasteiger partial charge in [0.25, 0.3) is 0 Å². The lowest BCUT2D eigenvalue weighted by Gasteiger charge is -2.09. The van der Waals surface area contributed by atoms with E-state index in [9.17, 15) is 5.11 Å². The Balaban J connectivity index is 2.02. The quantitative estimate of drug-likeness (QED) is 0.847. The van der Waals surface area contributed by atoms with Crippen LogP contribution < -0.4 is 5.32 Å². The van der Waals surface area contributed by atoms with Crippen LogP contribution in [0.2, 0.25) is 0 Å². The summed E-state index contributed by atoms with van der Waals surface area (Å²) >= 11 is 0. The zero-order valence-corrected chi connectivity index (χ0v) is 10.4. The largest absolute Gasteiger partial charge is 0.508 e. The van der Waals surface area contributed by atoms with Crippen molar-refractivity contribution in [2.75, 3.05) is 12.4 Å². The first kappa shape index (κ1) is 12.5. The second kappa shape index (κ2) is 6.07. The fraction of sp³-hybridized carbons (Fsp3) is 0.200. The Labute approximate surface area is 107 Å². The van der Waals surface area contributed by atoms with Crippen molar-refractivity contribution in [3.8, 4) is 5.75 Å². The number of rotatable bonds is 5. The van der Waals surface area contributed by atoms with E-state index in [2.05, 4.69) is 5.32 Å². The summed E-state index contributed by atoms with van der Waals surface area (Å²) < 4.78 is 5.10. The molecular formula is C15H17NO2. The number of para-hydroxylation sites is 1. The van der Waals surface area contributed by atoms with Gasteiger partial charge in [0.2, 0.25) is 0 Å². The number of nitrogens with one attached hydrogen (secondary N) is 1. The smallest absolute Gasteiger partial charge is 0.120 e. The van der Waals surface area contributed by atoms with Gasteiger partial charge in [-0.15, -0.1) is 0 Å². The average molecular weight is 243 g/mol. The number of hydrogen-bond donors (Lipinski definition) is 2. The molecule has 0 aliphatic heterocycles. The van der Waals surface area contributed by atoms with Crippen molar-refractivity contribution < 1.29 is 9.84 Å². The van der Waals surface area contributed by atoms with Crippen LogP contribution in [-0.2, 0) is 17.9 Å². The Morgan fingerprint density at radius 3 is 2.72 bits per heavy atom. The molecule has 0 atom stereocenters. The average Bonchev–Trinajstić information content (AvgIpc) is 2.39. The van der Waals surface area contributed by atoms with Crippen molar-refractivity contribution in [1.82, 2.24) is 0 Å². The molecule has 2 rings (SSSR count). The number of aromatic hydroxyl groups is 1. The van der Waals surface area contributed by atoms with Gasteiger partial charge in [0, 0.05) is 24.9 Å². The van der Waals surface area contributed by atoms with E-state index in [1.54, 1.807) is 13.2 Å². The fourth-order valence-electron chi connectivity index (χ4n) is 1.80. The van der Waals surface area contributed by atoms with Crippen molar-refractivity contribution in [2.45, 2.75) is 13.2 Å². The third-order valence-corrected chi connectivity index (χ3v) is 2.71. The lowest BCUT2D eigenvalue weighted by molar-refractivity contribution is 0.185. The molecular weight excluding hydrogens is 226 g/mol. The van der Waals surface area contributed by atoms with Crippen molar-refractivity contribution in [3.05, 3.63) is 59.7 Å². The van der Waals surface area contributed by atoms with Gasteiger partial charge in [0.1, 0.15) is 5.75 Å². The monoisotopic (exact) mass is 243 g/mol. The van der Waals surface area contributed by atoms with Gasteiger partial charge in [-0.2, -0.15) is 0 Å². The van der Waals surface area contributed by atoms with Gasteiger partial charge in [0.15, 0.2) is 0 Å². The van der Waals surface area contributed by atoms with Gasteiger partial charge in [-0.1, -0.05) is 30.3 Å². The number of hydrogen-bond acceptors (Lipinski definition) is 3. The molecule has 0 aliphatic rings. The van der Waals surface area contributed by atoms with Crippen LogP contribution >= 0.6 is 0 Å². The number of ether oxygens (including phenoxy) is 1. The summed E-state index contributed by atoms with van der Waals surface area (Å²) in [6.07, 6.45) is 0. The number of anilines is 1. The number of benzene rings is 2. The summed E-state index contributed by atoms with van der Waals surface area (Å²) in [6.45, 7) is 1.20. The Bertz CT molecular complexity index is 511. The fourth-order valence-corrected chi connectivity index (χ4v) is 1.80. The highest BCUT2D eigenvalue weighted by atomic mass is 16.5. The minimum atomic E-state index is 0.318. The number of methoxy groups -OCH3 is 1. The molecule has 2 aromatic carbocycles. The first-order valence-corrected chi connectivity index (χ1v) is 5.88. The van der Waals surface area contributed by atoms with Crippen molar-refractivity contribution in [1.29, 1.82) is 0 Å². The highest BCUT2D eigenvalue weighted by Gasteiger charge is 2.00. The molecule has 0 fully saturated rings. The maximum Gasteiger partial charge on any atom is 0.120 e. The molecule has 2 N–H and O–H groups in total. The van der Waals surface area contributed by atoms with Crippen LogP contribution in [0, 0.1) is 0 Å². The highest BCUT2D eigenvalue weighted by Crippen LogP contribution is 2.18. The molecule has 0 saturated carbocycles. The maximum absolute atomic E-state index is 9.67. The minimum absolute atomic E-state index is 0.318. The second-order valence-electron chi connectivity index (χ2n) is 4.12. The highest BCUT2D eigenvalue weighted by molar-refractivity contribution is 5.47. The van der Waals surface area contributed by atoms with E-state index >= 15 is 0 Å². The first-order valence-electron chi connectivity index (χ1n) is 5.88. The van der Waals surface area contributed by atoms with Gasteiger partial charge < -0.3 is 15.2 Å². The standard InChI is InChI=1S/C15H17NO2/c1-18-11-12-5-4-7-14(9-12)16-10-13-6-2-3-8-15(13)17/h2-9,16-17H,10-11H2,1H3. The summed E-state index contributed by atoms with van der Waals surface area (Å²) in [5.41, 5.74) is 3.03. The molecule has 0 aromatic heterocycles. The third-order valence-electron chi connectivity index (χ3n) is 2.71. The summed E-state index contributed by atoms with van der Waals surface area (Å²) in [7, 11) is 1.68. The van der Waals surface area contributed by atoms with E-state index in [-0.39, 0.29) is 0 Å². The van der Waals surface area contributed by atoms with Crippen LogP contribution in [0.5, 0.6) is 5.75 Å². The van der Waals surface area contributed by atoms with Gasteiger partial charge in [-0.3, -0.25) is 0 Å². The van der Waals surface area contributed by atoms with E-state index in [4.69, 9.17) is 4.74 Å². The topological polar surface area (TPSA) is 41.5 Å². The van der Waals surface area contributed by atoms with Gasteiger partial charge in [-0.25, -0.2) is 0 Å². The Hall–Kier alpha value is -2.00. The zero-order chi connectivity index (χ0) is 12.8. The zero-order valence-electron chi connectivity index (χ0n) is 10.4. The number of phenolic OH excluding ortho intramolecular Hbond substituents is 1. The van der Waals surface area contributed by atoms with E-state index in [0.717, 1.165) is 16.8 Å². The summed E-state index contributed by atoms with van der Waals surface area (Å²) in [5, 5.41) is 13.0. The summed E-state index contributed by atoms with van der Waals surface area (Å²) in [5.74, 6) is 0.318. The number of phenols is 1. The molecule has 0 spiro atoms. The molecule has 18 heavy (non-hydrogen) atoms. The van der Waals surface area contributed by atoms with Crippen LogP contribution in [0.4, 0.5) is 5.69 Å². The van der Waals surface area contributed by atoms with Crippen molar-refractivity contribution in [2.24, 2.45) is 0 Å². The normalized spacial score (nSPS) is 10.3. The Kier molecular flexibility index (Phi) is 4.20. The van der Waals surface area contributed by atoms with E-state index in [1.165, 1.54) is 0 Å². The molecule has 3 heteroatoms. The summed E-state index contributed by atoms with van der Waals surface area (Å²) in [6, 6.07) is 15.4. The molecule has 0 heterocycles. The molecule has 0 radical (unpaired) electrons. The van der Waals surface area contributed by atoms with Crippen molar-refractivity contribution >= 4 is 5.69 Å². The predicted octanol–water partition coefficient (Wildman–Crippen LogP) is 3.15. The Morgan fingerprint density at radius 1 is 1.11 bits per heavy atom. The maximum atomic E-state index is 9.67. The van der Waals surface area contributed by atoms with Crippen LogP contribution in [0.25, 0.3) is 0 Å². The summed E-state index contributed by atoms with van der Waals surface area (Å²) in [4.78, 5) is 0. The molecule has 0 bridgehead atoms. The van der Waals surface area contributed by atoms with Gasteiger partial charge >= 0.3 is 0 Å².